The largest absolute Gasteiger partial charge is 0.478 e. The van der Waals surface area contributed by atoms with Gasteiger partial charge < -0.3 is 10.0 Å². The molecule has 0 bridgehead atoms. The Balaban J connectivity index is 2.12. The number of carboxylic acids is 1. The van der Waals surface area contributed by atoms with Gasteiger partial charge in [-0.3, -0.25) is 0 Å². The molecule has 1 aliphatic rings. The SMILES string of the molecule is Cc1cc(N(C)C2CCCCCC2)ccc1C=CC(=O)O. The quantitative estimate of drug-likeness (QED) is 0.664. The van der Waals surface area contributed by atoms with Crippen molar-refractivity contribution in [3.05, 3.63) is 35.4 Å². The lowest BCUT2D eigenvalue weighted by Crippen LogP contribution is -2.31. The summed E-state index contributed by atoms with van der Waals surface area (Å²) < 4.78 is 0. The van der Waals surface area contributed by atoms with Crippen LogP contribution in [0.4, 0.5) is 5.69 Å². The average molecular weight is 287 g/mol. The maximum absolute atomic E-state index is 10.6. The Hall–Kier alpha value is -1.77. The van der Waals surface area contributed by atoms with Gasteiger partial charge >= 0.3 is 5.97 Å². The number of carbonyl (C=O) groups is 1. The highest BCUT2D eigenvalue weighted by atomic mass is 16.4. The molecule has 2 rings (SSSR count). The number of aliphatic carboxylic acids is 1. The van der Waals surface area contributed by atoms with E-state index in [0.29, 0.717) is 6.04 Å². The van der Waals surface area contributed by atoms with Crippen molar-refractivity contribution in [2.45, 2.75) is 51.5 Å². The fourth-order valence-corrected chi connectivity index (χ4v) is 3.08. The minimum Gasteiger partial charge on any atom is -0.478 e. The highest BCUT2D eigenvalue weighted by Crippen LogP contribution is 2.27. The molecular formula is C18H25NO2. The van der Waals surface area contributed by atoms with Crippen molar-refractivity contribution in [1.29, 1.82) is 0 Å². The van der Waals surface area contributed by atoms with Crippen LogP contribution in [0.15, 0.2) is 24.3 Å². The van der Waals surface area contributed by atoms with Crippen LogP contribution in [0.5, 0.6) is 0 Å². The molecule has 0 amide bonds. The van der Waals surface area contributed by atoms with Gasteiger partial charge in [0.05, 0.1) is 0 Å². The number of hydrogen-bond donors (Lipinski definition) is 1. The van der Waals surface area contributed by atoms with Gasteiger partial charge in [0.1, 0.15) is 0 Å². The van der Waals surface area contributed by atoms with Crippen molar-refractivity contribution in [1.82, 2.24) is 0 Å². The number of anilines is 1. The first-order valence-electron chi connectivity index (χ1n) is 7.82. The summed E-state index contributed by atoms with van der Waals surface area (Å²) in [4.78, 5) is 13.0. The summed E-state index contributed by atoms with van der Waals surface area (Å²) in [6.07, 6.45) is 10.8. The molecule has 0 aliphatic heterocycles. The Labute approximate surface area is 127 Å². The van der Waals surface area contributed by atoms with Crippen LogP contribution >= 0.6 is 0 Å². The van der Waals surface area contributed by atoms with Crippen LogP contribution in [0, 0.1) is 6.92 Å². The molecule has 1 aromatic carbocycles. The number of carboxylic acid groups (broad SMARTS) is 1. The van der Waals surface area contributed by atoms with Crippen molar-refractivity contribution in [2.24, 2.45) is 0 Å². The number of hydrogen-bond acceptors (Lipinski definition) is 2. The molecule has 3 heteroatoms. The maximum Gasteiger partial charge on any atom is 0.328 e. The van der Waals surface area contributed by atoms with Crippen molar-refractivity contribution in [2.75, 3.05) is 11.9 Å². The van der Waals surface area contributed by atoms with Gasteiger partial charge in [0, 0.05) is 24.9 Å². The first kappa shape index (κ1) is 15.6. The predicted molar refractivity (Wildman–Crippen MR) is 87.7 cm³/mol. The van der Waals surface area contributed by atoms with E-state index in [1.54, 1.807) is 6.08 Å². The van der Waals surface area contributed by atoms with Crippen LogP contribution in [-0.2, 0) is 4.79 Å². The fraction of sp³-hybridized carbons (Fsp3) is 0.500. The minimum absolute atomic E-state index is 0.632. The first-order chi connectivity index (χ1) is 10.1. The van der Waals surface area contributed by atoms with Crippen LogP contribution in [0.2, 0.25) is 0 Å². The zero-order chi connectivity index (χ0) is 15.2. The standard InChI is InChI=1S/C18H25NO2/c1-14-13-17(11-9-15(14)10-12-18(20)21)19(2)16-7-5-3-4-6-8-16/h9-13,16H,3-8H2,1-2H3,(H,20,21). The first-order valence-corrected chi connectivity index (χ1v) is 7.82. The number of benzene rings is 1. The number of rotatable bonds is 4. The second-order valence-corrected chi connectivity index (χ2v) is 5.97. The summed E-state index contributed by atoms with van der Waals surface area (Å²) >= 11 is 0. The highest BCUT2D eigenvalue weighted by molar-refractivity contribution is 5.85. The second kappa shape index (κ2) is 7.30. The van der Waals surface area contributed by atoms with Crippen molar-refractivity contribution < 1.29 is 9.90 Å². The van der Waals surface area contributed by atoms with Crippen molar-refractivity contribution in [3.63, 3.8) is 0 Å². The van der Waals surface area contributed by atoms with E-state index in [-0.39, 0.29) is 0 Å². The van der Waals surface area contributed by atoms with E-state index < -0.39 is 5.97 Å². The Bertz CT molecular complexity index is 514. The predicted octanol–water partition coefficient (Wildman–Crippen LogP) is 4.25. The van der Waals surface area contributed by atoms with Gasteiger partial charge in [-0.25, -0.2) is 4.79 Å². The Morgan fingerprint density at radius 2 is 1.90 bits per heavy atom. The molecule has 0 spiro atoms. The molecule has 0 unspecified atom stereocenters. The summed E-state index contributed by atoms with van der Waals surface area (Å²) in [6, 6.07) is 6.90. The molecule has 1 aromatic rings. The lowest BCUT2D eigenvalue weighted by Gasteiger charge is -2.29. The molecule has 0 heterocycles. The minimum atomic E-state index is -0.908. The van der Waals surface area contributed by atoms with Crippen molar-refractivity contribution >= 4 is 17.7 Å². The van der Waals surface area contributed by atoms with Gasteiger partial charge in [0.15, 0.2) is 0 Å². The average Bonchev–Trinajstić information content (AvgIpc) is 2.74. The monoisotopic (exact) mass is 287 g/mol. The lowest BCUT2D eigenvalue weighted by molar-refractivity contribution is -0.131. The normalized spacial score (nSPS) is 16.9. The maximum atomic E-state index is 10.6. The number of aryl methyl sites for hydroxylation is 1. The summed E-state index contributed by atoms with van der Waals surface area (Å²) in [7, 11) is 2.18. The molecule has 0 radical (unpaired) electrons. The summed E-state index contributed by atoms with van der Waals surface area (Å²) in [5.74, 6) is -0.908. The lowest BCUT2D eigenvalue weighted by atomic mass is 10.0. The van der Waals surface area contributed by atoms with Crippen LogP contribution in [0.25, 0.3) is 6.08 Å². The van der Waals surface area contributed by atoms with E-state index in [2.05, 4.69) is 24.1 Å². The Morgan fingerprint density at radius 1 is 1.24 bits per heavy atom. The molecule has 1 fully saturated rings. The zero-order valence-corrected chi connectivity index (χ0v) is 13.0. The molecule has 114 valence electrons. The summed E-state index contributed by atoms with van der Waals surface area (Å²) in [5, 5.41) is 8.71. The molecule has 0 aromatic heterocycles. The van der Waals surface area contributed by atoms with Crippen LogP contribution in [0.3, 0.4) is 0 Å². The van der Waals surface area contributed by atoms with Gasteiger partial charge in [0.2, 0.25) is 0 Å². The third-order valence-electron chi connectivity index (χ3n) is 4.44. The van der Waals surface area contributed by atoms with Gasteiger partial charge in [-0.1, -0.05) is 31.7 Å². The van der Waals surface area contributed by atoms with Crippen molar-refractivity contribution in [3.8, 4) is 0 Å². The topological polar surface area (TPSA) is 40.5 Å². The van der Waals surface area contributed by atoms with Crippen LogP contribution < -0.4 is 4.90 Å². The van der Waals surface area contributed by atoms with E-state index in [4.69, 9.17) is 5.11 Å². The number of nitrogens with zero attached hydrogens (tertiary/aromatic N) is 1. The van der Waals surface area contributed by atoms with Crippen LogP contribution in [0.1, 0.15) is 49.7 Å². The molecule has 1 N–H and O–H groups in total. The molecule has 1 saturated carbocycles. The second-order valence-electron chi connectivity index (χ2n) is 5.97. The highest BCUT2D eigenvalue weighted by Gasteiger charge is 2.17. The molecular weight excluding hydrogens is 262 g/mol. The summed E-state index contributed by atoms with van der Waals surface area (Å²) in [5.41, 5.74) is 3.31. The van der Waals surface area contributed by atoms with Gasteiger partial charge in [-0.05, 0) is 49.1 Å². The third kappa shape index (κ3) is 4.35. The Kier molecular flexibility index (Phi) is 5.43. The summed E-state index contributed by atoms with van der Waals surface area (Å²) in [6.45, 7) is 2.03. The Morgan fingerprint density at radius 3 is 2.48 bits per heavy atom. The van der Waals surface area contributed by atoms with Gasteiger partial charge in [-0.2, -0.15) is 0 Å². The van der Waals surface area contributed by atoms with E-state index in [0.717, 1.165) is 11.1 Å². The zero-order valence-electron chi connectivity index (χ0n) is 13.0. The molecule has 0 atom stereocenters. The van der Waals surface area contributed by atoms with Crippen LogP contribution in [-0.4, -0.2) is 24.2 Å². The van der Waals surface area contributed by atoms with Gasteiger partial charge in [-0.15, -0.1) is 0 Å². The van der Waals surface area contributed by atoms with E-state index >= 15 is 0 Å². The fourth-order valence-electron chi connectivity index (χ4n) is 3.08. The smallest absolute Gasteiger partial charge is 0.328 e. The third-order valence-corrected chi connectivity index (χ3v) is 4.44. The van der Waals surface area contributed by atoms with Gasteiger partial charge in [0.25, 0.3) is 0 Å². The molecule has 0 saturated heterocycles. The molecule has 3 nitrogen and oxygen atoms in total. The molecule has 1 aliphatic carbocycles. The van der Waals surface area contributed by atoms with E-state index in [1.165, 1.54) is 50.3 Å². The molecule has 21 heavy (non-hydrogen) atoms. The van der Waals surface area contributed by atoms with E-state index in [9.17, 15) is 4.79 Å². The van der Waals surface area contributed by atoms with E-state index in [1.807, 2.05) is 13.0 Å².